The van der Waals surface area contributed by atoms with Gasteiger partial charge < -0.3 is 10.1 Å². The van der Waals surface area contributed by atoms with E-state index in [1.54, 1.807) is 0 Å². The van der Waals surface area contributed by atoms with Crippen molar-refractivity contribution >= 4 is 29.4 Å². The highest BCUT2D eigenvalue weighted by Gasteiger charge is 2.23. The lowest BCUT2D eigenvalue weighted by Gasteiger charge is -2.21. The standard InChI is InChI=1S/C21H23NO2S2/c23-20(22-19-11-8-15-4-1-2-5-18(15)19)14-24-17-9-6-16(7-10-17)21-25-12-3-13-26-21/h1-2,4-7,9-10,19,21H,3,8,11-14H2,(H,22,23). The van der Waals surface area contributed by atoms with Crippen molar-refractivity contribution in [2.24, 2.45) is 0 Å². The molecule has 5 heteroatoms. The molecule has 2 aromatic carbocycles. The van der Waals surface area contributed by atoms with Crippen molar-refractivity contribution in [3.8, 4) is 5.75 Å². The quantitative estimate of drug-likeness (QED) is 0.807. The van der Waals surface area contributed by atoms with E-state index < -0.39 is 0 Å². The predicted molar refractivity (Wildman–Crippen MR) is 110 cm³/mol. The summed E-state index contributed by atoms with van der Waals surface area (Å²) in [5.74, 6) is 3.16. The molecule has 2 aliphatic rings. The first-order valence-corrected chi connectivity index (χ1v) is 11.2. The van der Waals surface area contributed by atoms with Crippen LogP contribution >= 0.6 is 23.5 Å². The predicted octanol–water partition coefficient (Wildman–Crippen LogP) is 4.74. The summed E-state index contributed by atoms with van der Waals surface area (Å²) in [6, 6.07) is 16.6. The maximum Gasteiger partial charge on any atom is 0.258 e. The van der Waals surface area contributed by atoms with E-state index in [4.69, 9.17) is 4.74 Å². The molecule has 0 saturated carbocycles. The summed E-state index contributed by atoms with van der Waals surface area (Å²) in [6.45, 7) is 0.0605. The fraction of sp³-hybridized carbons (Fsp3) is 0.381. The molecule has 1 heterocycles. The van der Waals surface area contributed by atoms with Crippen molar-refractivity contribution in [3.63, 3.8) is 0 Å². The van der Waals surface area contributed by atoms with E-state index in [-0.39, 0.29) is 18.6 Å². The molecule has 0 aromatic heterocycles. The van der Waals surface area contributed by atoms with Crippen LogP contribution in [-0.4, -0.2) is 24.0 Å². The molecule has 0 radical (unpaired) electrons. The van der Waals surface area contributed by atoms with Gasteiger partial charge in [-0.2, -0.15) is 0 Å². The van der Waals surface area contributed by atoms with Crippen molar-refractivity contribution in [1.29, 1.82) is 0 Å². The number of carbonyl (C=O) groups excluding carboxylic acids is 1. The SMILES string of the molecule is O=C(COc1ccc(C2SCCCS2)cc1)NC1CCc2ccccc21. The average Bonchev–Trinajstić information content (AvgIpc) is 3.10. The van der Waals surface area contributed by atoms with Gasteiger partial charge in [-0.05, 0) is 59.6 Å². The first-order chi connectivity index (χ1) is 12.8. The normalized spacial score (nSPS) is 19.8. The third kappa shape index (κ3) is 4.21. The van der Waals surface area contributed by atoms with E-state index in [0.717, 1.165) is 18.6 Å². The van der Waals surface area contributed by atoms with Crippen LogP contribution in [-0.2, 0) is 11.2 Å². The number of fused-ring (bicyclic) bond motifs is 1. The number of benzene rings is 2. The van der Waals surface area contributed by atoms with Gasteiger partial charge in [0.2, 0.25) is 0 Å². The van der Waals surface area contributed by atoms with Crippen LogP contribution in [0.4, 0.5) is 0 Å². The largest absolute Gasteiger partial charge is 0.484 e. The van der Waals surface area contributed by atoms with Crippen LogP contribution < -0.4 is 10.1 Å². The minimum Gasteiger partial charge on any atom is -0.484 e. The molecule has 0 bridgehead atoms. The second-order valence-electron chi connectivity index (χ2n) is 6.64. The molecule has 0 spiro atoms. The molecule has 1 N–H and O–H groups in total. The molecular formula is C21H23NO2S2. The maximum absolute atomic E-state index is 12.3. The van der Waals surface area contributed by atoms with Crippen molar-refractivity contribution in [2.45, 2.75) is 29.9 Å². The van der Waals surface area contributed by atoms with Gasteiger partial charge in [0.15, 0.2) is 6.61 Å². The Bertz CT molecular complexity index is 757. The summed E-state index contributed by atoms with van der Waals surface area (Å²) in [5.41, 5.74) is 3.92. The molecule has 2 aromatic rings. The first kappa shape index (κ1) is 17.8. The molecule has 3 nitrogen and oxygen atoms in total. The molecule has 1 atom stereocenters. The van der Waals surface area contributed by atoms with E-state index in [9.17, 15) is 4.79 Å². The van der Waals surface area contributed by atoms with Crippen LogP contribution in [0.2, 0.25) is 0 Å². The van der Waals surface area contributed by atoms with Crippen molar-refractivity contribution in [1.82, 2.24) is 5.32 Å². The maximum atomic E-state index is 12.3. The Morgan fingerprint density at radius 3 is 2.65 bits per heavy atom. The number of thioether (sulfide) groups is 2. The number of rotatable bonds is 5. The molecule has 1 amide bonds. The van der Waals surface area contributed by atoms with Crippen LogP contribution in [0.15, 0.2) is 48.5 Å². The van der Waals surface area contributed by atoms with E-state index in [1.807, 2.05) is 41.7 Å². The lowest BCUT2D eigenvalue weighted by molar-refractivity contribution is -0.123. The molecule has 1 fully saturated rings. The first-order valence-electron chi connectivity index (χ1n) is 9.13. The number of ether oxygens (including phenoxy) is 1. The fourth-order valence-electron chi connectivity index (χ4n) is 3.49. The lowest BCUT2D eigenvalue weighted by Crippen LogP contribution is -2.31. The van der Waals surface area contributed by atoms with E-state index >= 15 is 0 Å². The van der Waals surface area contributed by atoms with E-state index in [0.29, 0.717) is 4.58 Å². The molecule has 1 aliphatic heterocycles. The number of aryl methyl sites for hydroxylation is 1. The number of amides is 1. The smallest absolute Gasteiger partial charge is 0.258 e. The third-order valence-electron chi connectivity index (χ3n) is 4.82. The molecule has 1 aliphatic carbocycles. The number of hydrogen-bond donors (Lipinski definition) is 1. The van der Waals surface area contributed by atoms with Crippen LogP contribution in [0.3, 0.4) is 0 Å². The number of hydrogen-bond acceptors (Lipinski definition) is 4. The Kier molecular flexibility index (Phi) is 5.75. The summed E-state index contributed by atoms with van der Waals surface area (Å²) in [7, 11) is 0. The third-order valence-corrected chi connectivity index (χ3v) is 7.83. The Hall–Kier alpha value is -1.59. The van der Waals surface area contributed by atoms with Crippen LogP contribution in [0, 0.1) is 0 Å². The van der Waals surface area contributed by atoms with Gasteiger partial charge in [0, 0.05) is 0 Å². The molecule has 136 valence electrons. The van der Waals surface area contributed by atoms with Crippen molar-refractivity contribution in [2.75, 3.05) is 18.1 Å². The van der Waals surface area contributed by atoms with Crippen molar-refractivity contribution < 1.29 is 9.53 Å². The summed E-state index contributed by atoms with van der Waals surface area (Å²) in [5, 5.41) is 3.10. The zero-order valence-corrected chi connectivity index (χ0v) is 16.3. The molecule has 4 rings (SSSR count). The summed E-state index contributed by atoms with van der Waals surface area (Å²) < 4.78 is 6.21. The van der Waals surface area contributed by atoms with Gasteiger partial charge in [-0.15, -0.1) is 23.5 Å². The van der Waals surface area contributed by atoms with Gasteiger partial charge in [-0.1, -0.05) is 36.4 Å². The minimum atomic E-state index is -0.0610. The van der Waals surface area contributed by atoms with Gasteiger partial charge in [0.1, 0.15) is 5.75 Å². The van der Waals surface area contributed by atoms with Gasteiger partial charge in [0.25, 0.3) is 5.91 Å². The summed E-state index contributed by atoms with van der Waals surface area (Å²) in [4.78, 5) is 12.3. The van der Waals surface area contributed by atoms with Gasteiger partial charge in [-0.25, -0.2) is 0 Å². The monoisotopic (exact) mass is 385 g/mol. The number of carbonyl (C=O) groups is 1. The Morgan fingerprint density at radius 2 is 1.85 bits per heavy atom. The highest BCUT2D eigenvalue weighted by atomic mass is 32.2. The zero-order valence-electron chi connectivity index (χ0n) is 14.6. The van der Waals surface area contributed by atoms with Crippen LogP contribution in [0.25, 0.3) is 0 Å². The summed E-state index contributed by atoms with van der Waals surface area (Å²) in [6.07, 6.45) is 3.30. The van der Waals surface area contributed by atoms with E-state index in [2.05, 4.69) is 35.6 Å². The topological polar surface area (TPSA) is 38.3 Å². The van der Waals surface area contributed by atoms with E-state index in [1.165, 1.54) is 34.6 Å². The fourth-order valence-corrected chi connectivity index (χ4v) is 6.39. The zero-order chi connectivity index (χ0) is 17.8. The highest BCUT2D eigenvalue weighted by Crippen LogP contribution is 2.43. The summed E-state index contributed by atoms with van der Waals surface area (Å²) >= 11 is 4.02. The molecule has 26 heavy (non-hydrogen) atoms. The average molecular weight is 386 g/mol. The minimum absolute atomic E-state index is 0.0605. The van der Waals surface area contributed by atoms with Crippen molar-refractivity contribution in [3.05, 3.63) is 65.2 Å². The van der Waals surface area contributed by atoms with Gasteiger partial charge in [0.05, 0.1) is 10.6 Å². The van der Waals surface area contributed by atoms with Gasteiger partial charge >= 0.3 is 0 Å². The van der Waals surface area contributed by atoms with Gasteiger partial charge in [-0.3, -0.25) is 4.79 Å². The van der Waals surface area contributed by atoms with Crippen LogP contribution in [0.5, 0.6) is 5.75 Å². The number of nitrogens with one attached hydrogen (secondary N) is 1. The Morgan fingerprint density at radius 1 is 1.08 bits per heavy atom. The molecule has 1 saturated heterocycles. The van der Waals surface area contributed by atoms with Crippen LogP contribution in [0.1, 0.15) is 40.2 Å². The Labute approximate surface area is 163 Å². The lowest BCUT2D eigenvalue weighted by atomic mass is 10.1. The Balaban J connectivity index is 1.28. The molecule has 1 unspecified atom stereocenters. The molecular weight excluding hydrogens is 362 g/mol. The second kappa shape index (κ2) is 8.40. The highest BCUT2D eigenvalue weighted by molar-refractivity contribution is 8.16. The second-order valence-corrected chi connectivity index (χ2v) is 9.37.